The maximum absolute atomic E-state index is 5.32. The molecule has 4 heteroatoms. The molecule has 2 unspecified atom stereocenters. The van der Waals surface area contributed by atoms with E-state index in [1.54, 1.807) is 0 Å². The average Bonchev–Trinajstić information content (AvgIpc) is 3.61. The predicted octanol–water partition coefficient (Wildman–Crippen LogP) is 12.0. The molecule has 0 aliphatic carbocycles. The first-order valence-electron chi connectivity index (χ1n) is 17.4. The van der Waals surface area contributed by atoms with Gasteiger partial charge in [-0.15, -0.1) is 11.3 Å². The molecule has 2 N–H and O–H groups in total. The summed E-state index contributed by atoms with van der Waals surface area (Å²) in [6.07, 6.45) is -0.393. The summed E-state index contributed by atoms with van der Waals surface area (Å²) in [7, 11) is 0. The van der Waals surface area contributed by atoms with E-state index in [1.165, 1.54) is 69.5 Å². The third kappa shape index (κ3) is 5.28. The lowest BCUT2D eigenvalue weighted by atomic mass is 9.95. The van der Waals surface area contributed by atoms with E-state index in [0.29, 0.717) is 0 Å². The monoisotopic (exact) mass is 671 g/mol. The van der Waals surface area contributed by atoms with E-state index >= 15 is 0 Å². The normalized spacial score (nSPS) is 16.0. The SMILES string of the molecule is c1ccc(-c2ccc3cccc(C4NC(c5cccc(-c6cccc7sc8ccc9ccccc9c8c67)c5)=NC(c5ccccc5)N4)c3c2)cc1. The number of thiophene rings is 1. The van der Waals surface area contributed by atoms with E-state index in [-0.39, 0.29) is 12.3 Å². The zero-order valence-corrected chi connectivity index (χ0v) is 28.6. The minimum Gasteiger partial charge on any atom is -0.350 e. The van der Waals surface area contributed by atoms with Crippen LogP contribution < -0.4 is 10.6 Å². The zero-order chi connectivity index (χ0) is 33.7. The molecular formula is C47H33N3S. The minimum atomic E-state index is -0.223. The van der Waals surface area contributed by atoms with Gasteiger partial charge < -0.3 is 5.32 Å². The molecule has 0 radical (unpaired) electrons. The van der Waals surface area contributed by atoms with Crippen LogP contribution in [0.25, 0.3) is 64.0 Å². The number of aliphatic imine (C=N–C) groups is 1. The molecule has 0 saturated carbocycles. The van der Waals surface area contributed by atoms with Gasteiger partial charge in [0.15, 0.2) is 0 Å². The van der Waals surface area contributed by atoms with Gasteiger partial charge in [0.2, 0.25) is 0 Å². The van der Waals surface area contributed by atoms with Crippen LogP contribution in [0.3, 0.4) is 0 Å². The molecule has 242 valence electrons. The summed E-state index contributed by atoms with van der Waals surface area (Å²) in [5.74, 6) is 0.874. The van der Waals surface area contributed by atoms with Crippen molar-refractivity contribution in [3.8, 4) is 22.3 Å². The van der Waals surface area contributed by atoms with Gasteiger partial charge in [0.25, 0.3) is 0 Å². The standard InChI is InChI=1S/C47H33N3S/c1-3-12-30(13-4-1)34-25-24-32-17-10-22-39(40(32)29-34)47-49-45(33-15-5-2-6-16-33)48-46(50-47)36-19-9-18-35(28-36)38-21-11-23-41-44(38)43-37-20-8-7-14-31(37)26-27-42(43)51-41/h1-29,45,47,49H,(H,48,50). The largest absolute Gasteiger partial charge is 0.350 e. The number of nitrogens with one attached hydrogen (secondary N) is 2. The Labute approximate surface area is 300 Å². The van der Waals surface area contributed by atoms with Crippen molar-refractivity contribution < 1.29 is 0 Å². The fraction of sp³-hybridized carbons (Fsp3) is 0.0426. The Kier molecular flexibility index (Phi) is 7.23. The van der Waals surface area contributed by atoms with Crippen LogP contribution in [-0.4, -0.2) is 5.84 Å². The van der Waals surface area contributed by atoms with Crippen molar-refractivity contribution in [3.05, 3.63) is 193 Å². The van der Waals surface area contributed by atoms with E-state index in [1.807, 2.05) is 11.3 Å². The second-order valence-corrected chi connectivity index (χ2v) is 14.3. The number of rotatable bonds is 5. The Morgan fingerprint density at radius 2 is 1.16 bits per heavy atom. The molecule has 0 spiro atoms. The lowest BCUT2D eigenvalue weighted by Crippen LogP contribution is -2.45. The third-order valence-electron chi connectivity index (χ3n) is 10.1. The Bertz CT molecular complexity index is 2770. The molecule has 10 rings (SSSR count). The van der Waals surface area contributed by atoms with Crippen LogP contribution >= 0.6 is 11.3 Å². The average molecular weight is 672 g/mol. The highest BCUT2D eigenvalue weighted by Gasteiger charge is 2.27. The summed E-state index contributed by atoms with van der Waals surface area (Å²) < 4.78 is 2.62. The van der Waals surface area contributed by atoms with E-state index in [4.69, 9.17) is 4.99 Å². The molecule has 0 fully saturated rings. The van der Waals surface area contributed by atoms with E-state index in [0.717, 1.165) is 17.0 Å². The van der Waals surface area contributed by atoms with E-state index < -0.39 is 0 Å². The van der Waals surface area contributed by atoms with Crippen LogP contribution in [0, 0.1) is 0 Å². The first kappa shape index (κ1) is 29.8. The van der Waals surface area contributed by atoms with E-state index in [2.05, 4.69) is 187 Å². The third-order valence-corrected chi connectivity index (χ3v) is 11.3. The molecule has 1 aliphatic rings. The summed E-state index contributed by atoms with van der Waals surface area (Å²) in [4.78, 5) is 5.32. The van der Waals surface area contributed by atoms with Gasteiger partial charge in [-0.3, -0.25) is 5.32 Å². The molecule has 51 heavy (non-hydrogen) atoms. The summed E-state index contributed by atoms with van der Waals surface area (Å²) in [6.45, 7) is 0. The summed E-state index contributed by atoms with van der Waals surface area (Å²) in [5.41, 5.74) is 8.22. The number of hydrogen-bond donors (Lipinski definition) is 2. The maximum Gasteiger partial charge on any atom is 0.131 e. The summed E-state index contributed by atoms with van der Waals surface area (Å²) in [5, 5.41) is 15.3. The fourth-order valence-corrected chi connectivity index (χ4v) is 8.84. The smallest absolute Gasteiger partial charge is 0.131 e. The second-order valence-electron chi connectivity index (χ2n) is 13.2. The minimum absolute atomic E-state index is 0.170. The Morgan fingerprint density at radius 1 is 0.471 bits per heavy atom. The van der Waals surface area contributed by atoms with Crippen LogP contribution in [0.2, 0.25) is 0 Å². The number of amidine groups is 1. The quantitative estimate of drug-likeness (QED) is 0.191. The second kappa shape index (κ2) is 12.4. The van der Waals surface area contributed by atoms with Crippen LogP contribution in [0.15, 0.2) is 181 Å². The molecule has 0 bridgehead atoms. The number of benzene rings is 8. The van der Waals surface area contributed by atoms with Gasteiger partial charge in [-0.1, -0.05) is 152 Å². The predicted molar refractivity (Wildman–Crippen MR) is 216 cm³/mol. The van der Waals surface area contributed by atoms with Crippen molar-refractivity contribution in [1.29, 1.82) is 0 Å². The Morgan fingerprint density at radius 3 is 2.06 bits per heavy atom. The lowest BCUT2D eigenvalue weighted by Gasteiger charge is -2.33. The van der Waals surface area contributed by atoms with Crippen LogP contribution in [0.5, 0.6) is 0 Å². The van der Waals surface area contributed by atoms with Crippen molar-refractivity contribution in [3.63, 3.8) is 0 Å². The van der Waals surface area contributed by atoms with Crippen LogP contribution in [0.1, 0.15) is 29.0 Å². The molecule has 0 saturated heterocycles. The molecular weight excluding hydrogens is 639 g/mol. The topological polar surface area (TPSA) is 36.4 Å². The molecule has 9 aromatic rings. The van der Waals surface area contributed by atoms with Crippen LogP contribution in [-0.2, 0) is 0 Å². The molecule has 2 heterocycles. The highest BCUT2D eigenvalue weighted by molar-refractivity contribution is 7.26. The lowest BCUT2D eigenvalue weighted by molar-refractivity contribution is 0.411. The van der Waals surface area contributed by atoms with Crippen molar-refractivity contribution in [1.82, 2.24) is 10.6 Å². The van der Waals surface area contributed by atoms with Gasteiger partial charge in [0.05, 0.1) is 0 Å². The van der Waals surface area contributed by atoms with Gasteiger partial charge in [-0.2, -0.15) is 0 Å². The van der Waals surface area contributed by atoms with Gasteiger partial charge in [0, 0.05) is 25.7 Å². The van der Waals surface area contributed by atoms with Crippen molar-refractivity contribution >= 4 is 58.9 Å². The van der Waals surface area contributed by atoms with Crippen molar-refractivity contribution in [2.24, 2.45) is 4.99 Å². The van der Waals surface area contributed by atoms with Gasteiger partial charge in [0.1, 0.15) is 18.2 Å². The summed E-state index contributed by atoms with van der Waals surface area (Å²) in [6, 6.07) is 63.3. The van der Waals surface area contributed by atoms with Crippen molar-refractivity contribution in [2.75, 3.05) is 0 Å². The molecule has 0 amide bonds. The van der Waals surface area contributed by atoms with Gasteiger partial charge >= 0.3 is 0 Å². The number of nitrogens with zero attached hydrogens (tertiary/aromatic N) is 1. The van der Waals surface area contributed by atoms with Gasteiger partial charge in [-0.25, -0.2) is 4.99 Å². The molecule has 1 aromatic heterocycles. The zero-order valence-electron chi connectivity index (χ0n) is 27.8. The molecule has 3 nitrogen and oxygen atoms in total. The first-order chi connectivity index (χ1) is 25.3. The first-order valence-corrected chi connectivity index (χ1v) is 18.3. The highest BCUT2D eigenvalue weighted by Crippen LogP contribution is 2.43. The van der Waals surface area contributed by atoms with Crippen LogP contribution in [0.4, 0.5) is 0 Å². The maximum atomic E-state index is 5.32. The molecule has 1 aliphatic heterocycles. The Hall–Kier alpha value is -6.07. The molecule has 2 atom stereocenters. The Balaban J connectivity index is 1.10. The van der Waals surface area contributed by atoms with E-state index in [9.17, 15) is 0 Å². The summed E-state index contributed by atoms with van der Waals surface area (Å²) >= 11 is 1.87. The van der Waals surface area contributed by atoms with Gasteiger partial charge in [-0.05, 0) is 79.2 Å². The number of hydrogen-bond acceptors (Lipinski definition) is 4. The number of fused-ring (bicyclic) bond motifs is 6. The highest BCUT2D eigenvalue weighted by atomic mass is 32.1. The van der Waals surface area contributed by atoms with Crippen molar-refractivity contribution in [2.45, 2.75) is 12.3 Å². The molecule has 8 aromatic carbocycles. The fourth-order valence-electron chi connectivity index (χ4n) is 7.69.